The molecule has 3 aromatic rings. The molecule has 5 nitrogen and oxygen atoms in total. The topological polar surface area (TPSA) is 64.1 Å². The lowest BCUT2D eigenvalue weighted by Crippen LogP contribution is -2.25. The van der Waals surface area contributed by atoms with Crippen molar-refractivity contribution in [1.29, 1.82) is 0 Å². The molecule has 1 heterocycles. The second-order valence-corrected chi connectivity index (χ2v) is 7.08. The summed E-state index contributed by atoms with van der Waals surface area (Å²) in [7, 11) is 0. The molecule has 1 N–H and O–H groups in total. The van der Waals surface area contributed by atoms with Crippen LogP contribution in [0, 0.1) is 6.92 Å². The summed E-state index contributed by atoms with van der Waals surface area (Å²) in [5.41, 5.74) is 0.763. The Morgan fingerprint density at radius 2 is 1.83 bits per heavy atom. The second kappa shape index (κ2) is 7.55. The fourth-order valence-corrected chi connectivity index (χ4v) is 2.93. The van der Waals surface area contributed by atoms with Gasteiger partial charge in [0.1, 0.15) is 10.8 Å². The Kier molecular flexibility index (Phi) is 5.22. The van der Waals surface area contributed by atoms with Crippen LogP contribution in [-0.2, 0) is 4.79 Å². The third-order valence-corrected chi connectivity index (χ3v) is 4.45. The minimum absolute atomic E-state index is 0.291. The Morgan fingerprint density at radius 1 is 1.12 bits per heavy atom. The second-order valence-electron chi connectivity index (χ2n) is 4.98. The number of carbonyl (C=O) groups is 1. The first-order valence-corrected chi connectivity index (χ1v) is 8.81. The number of aryl methyl sites for hydroxylation is 1. The van der Waals surface area contributed by atoms with Gasteiger partial charge in [-0.05, 0) is 31.2 Å². The standard InChI is InChI=1S/C17H14BrN3O2S/c1-11-20-21-17(24-11)19-16(22)15(12-5-3-2-4-6-12)23-14-9-7-13(18)8-10-14/h2-10,15H,1H3,(H,19,21,22)/t15-/m0/s1. The molecule has 0 saturated carbocycles. The van der Waals surface area contributed by atoms with E-state index in [0.717, 1.165) is 15.0 Å². The number of ether oxygens (including phenoxy) is 1. The van der Waals surface area contributed by atoms with Gasteiger partial charge < -0.3 is 4.74 Å². The molecule has 0 fully saturated rings. The van der Waals surface area contributed by atoms with E-state index in [2.05, 4.69) is 31.4 Å². The van der Waals surface area contributed by atoms with E-state index in [1.165, 1.54) is 11.3 Å². The monoisotopic (exact) mass is 403 g/mol. The van der Waals surface area contributed by atoms with Gasteiger partial charge in [-0.25, -0.2) is 0 Å². The van der Waals surface area contributed by atoms with Crippen molar-refractivity contribution >= 4 is 38.3 Å². The van der Waals surface area contributed by atoms with Crippen LogP contribution in [0.1, 0.15) is 16.7 Å². The van der Waals surface area contributed by atoms with Crippen molar-refractivity contribution in [3.8, 4) is 5.75 Å². The van der Waals surface area contributed by atoms with Crippen LogP contribution in [0.2, 0.25) is 0 Å². The molecule has 0 aliphatic heterocycles. The van der Waals surface area contributed by atoms with E-state index in [1.54, 1.807) is 0 Å². The molecule has 0 aliphatic carbocycles. The van der Waals surface area contributed by atoms with Gasteiger partial charge in [0.2, 0.25) is 11.2 Å². The van der Waals surface area contributed by atoms with Gasteiger partial charge in [-0.2, -0.15) is 0 Å². The lowest BCUT2D eigenvalue weighted by Gasteiger charge is -2.18. The lowest BCUT2D eigenvalue weighted by atomic mass is 10.1. The molecule has 0 spiro atoms. The molecule has 2 aromatic carbocycles. The fourth-order valence-electron chi connectivity index (χ4n) is 2.07. The summed E-state index contributed by atoms with van der Waals surface area (Å²) in [4.78, 5) is 12.7. The van der Waals surface area contributed by atoms with Crippen molar-refractivity contribution in [2.24, 2.45) is 0 Å². The zero-order chi connectivity index (χ0) is 16.9. The number of anilines is 1. The lowest BCUT2D eigenvalue weighted by molar-refractivity contribution is -0.123. The highest BCUT2D eigenvalue weighted by Gasteiger charge is 2.23. The highest BCUT2D eigenvalue weighted by molar-refractivity contribution is 9.10. The fraction of sp³-hybridized carbons (Fsp3) is 0.118. The van der Waals surface area contributed by atoms with E-state index in [0.29, 0.717) is 10.9 Å². The number of carbonyl (C=O) groups excluding carboxylic acids is 1. The predicted octanol–water partition coefficient (Wildman–Crippen LogP) is 4.37. The smallest absolute Gasteiger partial charge is 0.272 e. The van der Waals surface area contributed by atoms with Gasteiger partial charge in [0, 0.05) is 10.0 Å². The molecular formula is C17H14BrN3O2S. The molecule has 1 amide bonds. The van der Waals surface area contributed by atoms with Crippen LogP contribution in [0.25, 0.3) is 0 Å². The Hall–Kier alpha value is -2.25. The van der Waals surface area contributed by atoms with E-state index in [4.69, 9.17) is 4.74 Å². The van der Waals surface area contributed by atoms with Gasteiger partial charge in [0.25, 0.3) is 5.91 Å². The first-order valence-electron chi connectivity index (χ1n) is 7.20. The first-order chi connectivity index (χ1) is 11.6. The number of amides is 1. The zero-order valence-electron chi connectivity index (χ0n) is 12.8. The van der Waals surface area contributed by atoms with E-state index in [-0.39, 0.29) is 5.91 Å². The van der Waals surface area contributed by atoms with Gasteiger partial charge in [0.15, 0.2) is 0 Å². The Morgan fingerprint density at radius 3 is 2.46 bits per heavy atom. The molecule has 0 saturated heterocycles. The van der Waals surface area contributed by atoms with Crippen molar-refractivity contribution in [1.82, 2.24) is 10.2 Å². The summed E-state index contributed by atoms with van der Waals surface area (Å²) in [5.74, 6) is 0.316. The van der Waals surface area contributed by atoms with E-state index in [9.17, 15) is 4.79 Å². The molecular weight excluding hydrogens is 390 g/mol. The van der Waals surface area contributed by atoms with Crippen LogP contribution in [0.3, 0.4) is 0 Å². The highest BCUT2D eigenvalue weighted by Crippen LogP contribution is 2.25. The number of hydrogen-bond donors (Lipinski definition) is 1. The molecule has 3 rings (SSSR count). The van der Waals surface area contributed by atoms with Gasteiger partial charge in [0.05, 0.1) is 0 Å². The summed E-state index contributed by atoms with van der Waals surface area (Å²) < 4.78 is 6.86. The summed E-state index contributed by atoms with van der Waals surface area (Å²) in [6.07, 6.45) is -0.781. The maximum absolute atomic E-state index is 12.7. The van der Waals surface area contributed by atoms with Gasteiger partial charge >= 0.3 is 0 Å². The van der Waals surface area contributed by atoms with Crippen molar-refractivity contribution < 1.29 is 9.53 Å². The number of hydrogen-bond acceptors (Lipinski definition) is 5. The molecule has 122 valence electrons. The van der Waals surface area contributed by atoms with Crippen molar-refractivity contribution in [3.63, 3.8) is 0 Å². The minimum atomic E-state index is -0.781. The van der Waals surface area contributed by atoms with Gasteiger partial charge in [-0.3, -0.25) is 10.1 Å². The molecule has 1 aromatic heterocycles. The predicted molar refractivity (Wildman–Crippen MR) is 97.2 cm³/mol. The van der Waals surface area contributed by atoms with E-state index < -0.39 is 6.10 Å². The molecule has 24 heavy (non-hydrogen) atoms. The molecule has 0 aliphatic rings. The number of benzene rings is 2. The van der Waals surface area contributed by atoms with Gasteiger partial charge in [-0.1, -0.05) is 57.6 Å². The van der Waals surface area contributed by atoms with Crippen LogP contribution in [0.5, 0.6) is 5.75 Å². The quantitative estimate of drug-likeness (QED) is 0.686. The summed E-state index contributed by atoms with van der Waals surface area (Å²) in [5, 5.41) is 11.8. The number of halogens is 1. The third-order valence-electron chi connectivity index (χ3n) is 3.16. The Labute approximate surface area is 151 Å². The van der Waals surface area contributed by atoms with E-state index in [1.807, 2.05) is 61.5 Å². The first kappa shape index (κ1) is 16.6. The number of rotatable bonds is 5. The SMILES string of the molecule is Cc1nnc(NC(=O)[C@@H](Oc2ccc(Br)cc2)c2ccccc2)s1. The summed E-state index contributed by atoms with van der Waals surface area (Å²) in [6.45, 7) is 1.83. The number of nitrogens with one attached hydrogen (secondary N) is 1. The van der Waals surface area contributed by atoms with Crippen LogP contribution in [0.4, 0.5) is 5.13 Å². The normalized spacial score (nSPS) is 11.8. The maximum Gasteiger partial charge on any atom is 0.272 e. The maximum atomic E-state index is 12.7. The molecule has 0 unspecified atom stereocenters. The number of aromatic nitrogens is 2. The Bertz CT molecular complexity index is 821. The van der Waals surface area contributed by atoms with Crippen LogP contribution < -0.4 is 10.1 Å². The average molecular weight is 404 g/mol. The molecule has 0 radical (unpaired) electrons. The average Bonchev–Trinajstić information content (AvgIpc) is 3.00. The molecule has 7 heteroatoms. The van der Waals surface area contributed by atoms with E-state index >= 15 is 0 Å². The zero-order valence-corrected chi connectivity index (χ0v) is 15.2. The molecule has 1 atom stereocenters. The highest BCUT2D eigenvalue weighted by atomic mass is 79.9. The Balaban J connectivity index is 1.84. The minimum Gasteiger partial charge on any atom is -0.476 e. The van der Waals surface area contributed by atoms with Crippen molar-refractivity contribution in [2.75, 3.05) is 5.32 Å². The van der Waals surface area contributed by atoms with Crippen LogP contribution in [-0.4, -0.2) is 16.1 Å². The summed E-state index contributed by atoms with van der Waals surface area (Å²) in [6, 6.07) is 16.7. The van der Waals surface area contributed by atoms with Crippen molar-refractivity contribution in [3.05, 3.63) is 69.6 Å². The summed E-state index contributed by atoms with van der Waals surface area (Å²) >= 11 is 4.70. The third kappa shape index (κ3) is 4.18. The van der Waals surface area contributed by atoms with Crippen molar-refractivity contribution in [2.45, 2.75) is 13.0 Å². The number of nitrogens with zero attached hydrogens (tertiary/aromatic N) is 2. The largest absolute Gasteiger partial charge is 0.476 e. The van der Waals surface area contributed by atoms with Crippen LogP contribution in [0.15, 0.2) is 59.1 Å². The van der Waals surface area contributed by atoms with Crippen LogP contribution >= 0.6 is 27.3 Å². The molecule has 0 bridgehead atoms. The van der Waals surface area contributed by atoms with Gasteiger partial charge in [-0.15, -0.1) is 10.2 Å².